The molecule has 3 heterocycles. The van der Waals surface area contributed by atoms with Crippen molar-refractivity contribution in [2.75, 3.05) is 5.32 Å². The van der Waals surface area contributed by atoms with E-state index in [0.717, 1.165) is 21.5 Å². The summed E-state index contributed by atoms with van der Waals surface area (Å²) in [5, 5.41) is 8.18. The molecule has 0 fully saturated rings. The number of halogens is 2. The zero-order valence-corrected chi connectivity index (χ0v) is 12.9. The molecule has 1 unspecified atom stereocenters. The molecule has 1 N–H and O–H groups in total. The molecule has 102 valence electrons. The molecular weight excluding hydrogens is 342 g/mol. The minimum atomic E-state index is -0.0656. The average molecular weight is 353 g/mol. The molecule has 0 aliphatic heterocycles. The lowest BCUT2D eigenvalue weighted by atomic mass is 10.2. The van der Waals surface area contributed by atoms with Gasteiger partial charge in [0.05, 0.1) is 27.4 Å². The van der Waals surface area contributed by atoms with Gasteiger partial charge in [-0.25, -0.2) is 9.50 Å². The fourth-order valence-electron chi connectivity index (χ4n) is 2.00. The highest BCUT2D eigenvalue weighted by Crippen LogP contribution is 2.28. The Bertz CT molecular complexity index is 757. The zero-order chi connectivity index (χ0) is 14.1. The molecule has 7 heteroatoms. The third-order valence-electron chi connectivity index (χ3n) is 2.94. The first kappa shape index (κ1) is 13.3. The summed E-state index contributed by atoms with van der Waals surface area (Å²) >= 11 is 9.64. The molecule has 0 aliphatic rings. The van der Waals surface area contributed by atoms with Crippen LogP contribution in [0.4, 0.5) is 5.82 Å². The maximum absolute atomic E-state index is 6.16. The number of hydrogen-bond donors (Lipinski definition) is 1. The molecule has 0 spiro atoms. The number of anilines is 1. The summed E-state index contributed by atoms with van der Waals surface area (Å²) < 4.78 is 2.64. The van der Waals surface area contributed by atoms with E-state index in [9.17, 15) is 0 Å². The Labute approximate surface area is 129 Å². The third-order valence-corrected chi connectivity index (χ3v) is 3.84. The molecular formula is C13H11BrClN5. The molecule has 20 heavy (non-hydrogen) atoms. The van der Waals surface area contributed by atoms with Gasteiger partial charge in [-0.05, 0) is 35.0 Å². The van der Waals surface area contributed by atoms with Gasteiger partial charge in [0, 0.05) is 18.6 Å². The molecule has 1 atom stereocenters. The molecule has 0 saturated carbocycles. The van der Waals surface area contributed by atoms with Gasteiger partial charge in [-0.2, -0.15) is 5.10 Å². The molecule has 5 nitrogen and oxygen atoms in total. The number of fused-ring (bicyclic) bond motifs is 1. The smallest absolute Gasteiger partial charge is 0.153 e. The van der Waals surface area contributed by atoms with Gasteiger partial charge in [0.2, 0.25) is 0 Å². The van der Waals surface area contributed by atoms with Crippen LogP contribution in [0.3, 0.4) is 0 Å². The van der Waals surface area contributed by atoms with Crippen LogP contribution in [-0.2, 0) is 0 Å². The van der Waals surface area contributed by atoms with Gasteiger partial charge in [0.15, 0.2) is 5.82 Å². The number of aromatic nitrogens is 4. The fraction of sp³-hybridized carbons (Fsp3) is 0.154. The standard InChI is InChI=1S/C13H11BrClN5/c1-8(11-10(15)3-2-4-16-11)19-13-12-9(14)7-18-20(12)6-5-17-13/h2-8H,1H3,(H,17,19). The molecule has 0 amide bonds. The first-order valence-electron chi connectivity index (χ1n) is 6.01. The lowest BCUT2D eigenvalue weighted by molar-refractivity contribution is 0.829. The minimum Gasteiger partial charge on any atom is -0.360 e. The summed E-state index contributed by atoms with van der Waals surface area (Å²) in [4.78, 5) is 8.67. The molecule has 3 aromatic rings. The SMILES string of the molecule is CC(Nc1nccn2ncc(Br)c12)c1ncccc1Cl. The maximum Gasteiger partial charge on any atom is 0.153 e. The van der Waals surface area contributed by atoms with Crippen LogP contribution in [0.15, 0.2) is 41.4 Å². The topological polar surface area (TPSA) is 55.1 Å². The van der Waals surface area contributed by atoms with Crippen molar-refractivity contribution >= 4 is 38.9 Å². The highest BCUT2D eigenvalue weighted by atomic mass is 79.9. The second-order valence-electron chi connectivity index (χ2n) is 4.30. The van der Waals surface area contributed by atoms with Crippen molar-refractivity contribution in [1.29, 1.82) is 0 Å². The molecule has 0 aromatic carbocycles. The predicted octanol–water partition coefficient (Wildman–Crippen LogP) is 3.71. The summed E-state index contributed by atoms with van der Waals surface area (Å²) in [5.41, 5.74) is 1.67. The maximum atomic E-state index is 6.16. The normalized spacial score (nSPS) is 12.6. The van der Waals surface area contributed by atoms with E-state index in [1.165, 1.54) is 0 Å². The number of nitrogens with one attached hydrogen (secondary N) is 1. The molecule has 0 bridgehead atoms. The highest BCUT2D eigenvalue weighted by molar-refractivity contribution is 9.10. The molecule has 0 radical (unpaired) electrons. The number of pyridine rings is 1. The Hall–Kier alpha value is -1.66. The van der Waals surface area contributed by atoms with Gasteiger partial charge in [0.25, 0.3) is 0 Å². The van der Waals surface area contributed by atoms with Crippen molar-refractivity contribution in [3.8, 4) is 0 Å². The third kappa shape index (κ3) is 2.36. The monoisotopic (exact) mass is 351 g/mol. The Morgan fingerprint density at radius 1 is 1.35 bits per heavy atom. The Morgan fingerprint density at radius 3 is 3.00 bits per heavy atom. The average Bonchev–Trinajstić information content (AvgIpc) is 2.82. The van der Waals surface area contributed by atoms with E-state index in [1.807, 2.05) is 19.1 Å². The number of rotatable bonds is 3. The van der Waals surface area contributed by atoms with Crippen LogP contribution < -0.4 is 5.32 Å². The lowest BCUT2D eigenvalue weighted by Crippen LogP contribution is -2.11. The first-order chi connectivity index (χ1) is 9.66. The van der Waals surface area contributed by atoms with Crippen LogP contribution in [-0.4, -0.2) is 19.6 Å². The van der Waals surface area contributed by atoms with Crippen LogP contribution in [0.5, 0.6) is 0 Å². The summed E-state index contributed by atoms with van der Waals surface area (Å²) in [6, 6.07) is 3.57. The number of nitrogens with zero attached hydrogens (tertiary/aromatic N) is 4. The van der Waals surface area contributed by atoms with Crippen molar-refractivity contribution < 1.29 is 0 Å². The van der Waals surface area contributed by atoms with Crippen LogP contribution >= 0.6 is 27.5 Å². The summed E-state index contributed by atoms with van der Waals surface area (Å²) in [6.07, 6.45) is 6.95. The van der Waals surface area contributed by atoms with Gasteiger partial charge in [-0.1, -0.05) is 11.6 Å². The zero-order valence-electron chi connectivity index (χ0n) is 10.6. The minimum absolute atomic E-state index is 0.0656. The highest BCUT2D eigenvalue weighted by Gasteiger charge is 2.14. The first-order valence-corrected chi connectivity index (χ1v) is 7.18. The quantitative estimate of drug-likeness (QED) is 0.780. The van der Waals surface area contributed by atoms with Crippen LogP contribution in [0.1, 0.15) is 18.7 Å². The van der Waals surface area contributed by atoms with Crippen LogP contribution in [0.25, 0.3) is 5.52 Å². The van der Waals surface area contributed by atoms with Gasteiger partial charge < -0.3 is 5.32 Å². The van der Waals surface area contributed by atoms with Crippen molar-refractivity contribution in [2.24, 2.45) is 0 Å². The van der Waals surface area contributed by atoms with Gasteiger partial charge in [-0.3, -0.25) is 4.98 Å². The molecule has 0 aliphatic carbocycles. The summed E-state index contributed by atoms with van der Waals surface area (Å²) in [5.74, 6) is 0.728. The van der Waals surface area contributed by atoms with Crippen molar-refractivity contribution in [3.63, 3.8) is 0 Å². The lowest BCUT2D eigenvalue weighted by Gasteiger charge is -2.15. The Kier molecular flexibility index (Phi) is 3.58. The largest absolute Gasteiger partial charge is 0.360 e. The summed E-state index contributed by atoms with van der Waals surface area (Å²) in [7, 11) is 0. The fourth-order valence-corrected chi connectivity index (χ4v) is 2.75. The van der Waals surface area contributed by atoms with Crippen LogP contribution in [0, 0.1) is 0 Å². The van der Waals surface area contributed by atoms with Crippen molar-refractivity contribution in [1.82, 2.24) is 19.6 Å². The van der Waals surface area contributed by atoms with Gasteiger partial charge in [-0.15, -0.1) is 0 Å². The Balaban J connectivity index is 1.97. The van der Waals surface area contributed by atoms with Crippen LogP contribution in [0.2, 0.25) is 5.02 Å². The van der Waals surface area contributed by atoms with E-state index >= 15 is 0 Å². The second kappa shape index (κ2) is 5.38. The van der Waals surface area contributed by atoms with E-state index in [-0.39, 0.29) is 6.04 Å². The van der Waals surface area contributed by atoms with Crippen molar-refractivity contribution in [3.05, 3.63) is 52.1 Å². The Morgan fingerprint density at radius 2 is 2.20 bits per heavy atom. The van der Waals surface area contributed by atoms with E-state index in [1.54, 1.807) is 29.3 Å². The van der Waals surface area contributed by atoms with E-state index < -0.39 is 0 Å². The van der Waals surface area contributed by atoms with E-state index in [0.29, 0.717) is 5.02 Å². The molecule has 3 aromatic heterocycles. The van der Waals surface area contributed by atoms with Gasteiger partial charge >= 0.3 is 0 Å². The van der Waals surface area contributed by atoms with E-state index in [4.69, 9.17) is 11.6 Å². The summed E-state index contributed by atoms with van der Waals surface area (Å²) in [6.45, 7) is 1.99. The van der Waals surface area contributed by atoms with Gasteiger partial charge in [0.1, 0.15) is 5.52 Å². The molecule has 0 saturated heterocycles. The predicted molar refractivity (Wildman–Crippen MR) is 82.0 cm³/mol. The van der Waals surface area contributed by atoms with Crippen molar-refractivity contribution in [2.45, 2.75) is 13.0 Å². The van der Waals surface area contributed by atoms with E-state index in [2.05, 4.69) is 36.3 Å². The molecule has 3 rings (SSSR count). The number of hydrogen-bond acceptors (Lipinski definition) is 4. The second-order valence-corrected chi connectivity index (χ2v) is 5.56.